The minimum absolute atomic E-state index is 0.0315. The van der Waals surface area contributed by atoms with Crippen molar-refractivity contribution < 1.29 is 31.5 Å². The van der Waals surface area contributed by atoms with Crippen LogP contribution in [0.4, 0.5) is 20.7 Å². The molecule has 0 aliphatic carbocycles. The van der Waals surface area contributed by atoms with Gasteiger partial charge < -0.3 is 15.3 Å². The Balaban J connectivity index is 0.981. The molecule has 2 aromatic carbocycles. The summed E-state index contributed by atoms with van der Waals surface area (Å²) < 4.78 is 63.8. The molecule has 7 rings (SSSR count). The highest BCUT2D eigenvalue weighted by Crippen LogP contribution is 2.32. The van der Waals surface area contributed by atoms with E-state index in [9.17, 15) is 17.2 Å². The smallest absolute Gasteiger partial charge is 0.428 e. The molecular formula is C37H38Cl2F2N11O4S+. The van der Waals surface area contributed by atoms with Crippen LogP contribution in [0, 0.1) is 0 Å². The second kappa shape index (κ2) is 16.2. The molecular weight excluding hydrogens is 803 g/mol. The number of hydrogen-bond donors (Lipinski definition) is 2. The van der Waals surface area contributed by atoms with Gasteiger partial charge >= 0.3 is 12.5 Å². The minimum atomic E-state index is -3.92. The Bertz CT molecular complexity index is 2470. The highest BCUT2D eigenvalue weighted by Gasteiger charge is 2.37. The van der Waals surface area contributed by atoms with Gasteiger partial charge in [-0.1, -0.05) is 53.0 Å². The summed E-state index contributed by atoms with van der Waals surface area (Å²) in [4.78, 5) is 21.1. The third-order valence-corrected chi connectivity index (χ3v) is 11.7. The normalized spacial score (nSPS) is 14.6. The number of likely N-dealkylation sites (tertiary alicyclic amines) is 1. The van der Waals surface area contributed by atoms with Crippen LogP contribution in [0.15, 0.2) is 88.9 Å². The lowest BCUT2D eigenvalue weighted by Crippen LogP contribution is -2.60. The molecule has 57 heavy (non-hydrogen) atoms. The summed E-state index contributed by atoms with van der Waals surface area (Å²) in [5, 5.41) is 8.59. The van der Waals surface area contributed by atoms with E-state index in [2.05, 4.69) is 30.0 Å². The molecule has 0 unspecified atom stereocenters. The van der Waals surface area contributed by atoms with Crippen molar-refractivity contribution >= 4 is 44.9 Å². The number of piperidine rings is 1. The van der Waals surface area contributed by atoms with Crippen molar-refractivity contribution in [3.8, 4) is 28.5 Å². The Hall–Kier alpha value is -5.43. The maximum Gasteiger partial charge on any atom is 0.428 e. The van der Waals surface area contributed by atoms with Crippen molar-refractivity contribution in [2.24, 2.45) is 7.05 Å². The van der Waals surface area contributed by atoms with Crippen molar-refractivity contribution in [3.05, 3.63) is 101 Å². The number of ether oxygens (including phenoxy) is 1. The van der Waals surface area contributed by atoms with E-state index in [0.29, 0.717) is 55.1 Å². The van der Waals surface area contributed by atoms with Crippen LogP contribution >= 0.6 is 23.2 Å². The Morgan fingerprint density at radius 3 is 2.32 bits per heavy atom. The topological polar surface area (TPSA) is 186 Å². The summed E-state index contributed by atoms with van der Waals surface area (Å²) in [7, 11) is -2.30. The highest BCUT2D eigenvalue weighted by molar-refractivity contribution is 7.91. The number of aromatic nitrogens is 8. The van der Waals surface area contributed by atoms with Gasteiger partial charge in [0.15, 0.2) is 11.3 Å². The van der Waals surface area contributed by atoms with Gasteiger partial charge in [-0.2, -0.15) is 19.0 Å². The quantitative estimate of drug-likeness (QED) is 0.116. The van der Waals surface area contributed by atoms with Gasteiger partial charge in [0.2, 0.25) is 20.9 Å². The van der Waals surface area contributed by atoms with Crippen LogP contribution < -0.4 is 25.8 Å². The van der Waals surface area contributed by atoms with Crippen LogP contribution in [0.1, 0.15) is 37.4 Å². The van der Waals surface area contributed by atoms with Gasteiger partial charge in [0.1, 0.15) is 33.8 Å². The number of benzene rings is 2. The zero-order valence-electron chi connectivity index (χ0n) is 30.8. The standard InChI is InChI=1S/C37H37Cl2F2N11O4S/c1-37(56-52-31(39)20-27(45-36(52)43)33-29(22-49(2)47-33)57(53,54)25-9-4-3-5-10-25)12-14-50(15-13-37)16-17-55-28-11-7-6-8-23(28)18-24-21-51(34(40)41)48-32(24)26-19-30(38)46-35(42)44-26/h3-11,19-22,34,43H,12-18H2,1-2H3,(H2,42,44,46)/p+1. The van der Waals surface area contributed by atoms with E-state index in [-0.39, 0.29) is 61.2 Å². The molecule has 20 heteroatoms. The maximum atomic E-state index is 13.7. The Morgan fingerprint density at radius 2 is 1.61 bits per heavy atom. The predicted molar refractivity (Wildman–Crippen MR) is 207 cm³/mol. The van der Waals surface area contributed by atoms with Crippen molar-refractivity contribution in [2.45, 2.75) is 48.1 Å². The summed E-state index contributed by atoms with van der Waals surface area (Å²) in [6, 6.07) is 18.3. The molecule has 4 aromatic heterocycles. The average molecular weight is 842 g/mol. The molecule has 5 heterocycles. The monoisotopic (exact) mass is 840 g/mol. The SMILES string of the molecule is Cn1cc(S(=O)(=O)c2ccccc2)c(-c2cc(Cl)[n+](OC3(C)CCN(CCOc4ccccc4Cc4cn(C(F)F)nc4-c4cc(Cl)nc(N)n4)CC3)c(N)n2)n1. The van der Waals surface area contributed by atoms with E-state index in [1.165, 1.54) is 46.1 Å². The highest BCUT2D eigenvalue weighted by atomic mass is 35.5. The third kappa shape index (κ3) is 8.78. The van der Waals surface area contributed by atoms with E-state index in [1.807, 2.05) is 31.2 Å². The van der Waals surface area contributed by atoms with Crippen LogP contribution in [0.5, 0.6) is 5.75 Å². The van der Waals surface area contributed by atoms with Crippen molar-refractivity contribution in [3.63, 3.8) is 0 Å². The fourth-order valence-corrected chi connectivity index (χ4v) is 8.41. The first-order chi connectivity index (χ1) is 27.2. The second-order valence-electron chi connectivity index (χ2n) is 13.7. The molecule has 1 aliphatic rings. The van der Waals surface area contributed by atoms with Gasteiger partial charge in [0, 0.05) is 76.0 Å². The number of nitrogens with zero attached hydrogens (tertiary/aromatic N) is 9. The lowest BCUT2D eigenvalue weighted by atomic mass is 9.94. The summed E-state index contributed by atoms with van der Waals surface area (Å²) >= 11 is 12.8. The molecule has 0 bridgehead atoms. The summed E-state index contributed by atoms with van der Waals surface area (Å²) in [6.45, 7) is 1.44. The number of nitrogens with two attached hydrogens (primary N) is 2. The van der Waals surface area contributed by atoms with Gasteiger partial charge in [-0.25, -0.2) is 23.1 Å². The number of anilines is 2. The van der Waals surface area contributed by atoms with Crippen LogP contribution in [-0.4, -0.2) is 79.7 Å². The van der Waals surface area contributed by atoms with Crippen molar-refractivity contribution in [2.75, 3.05) is 37.7 Å². The van der Waals surface area contributed by atoms with Gasteiger partial charge in [-0.3, -0.25) is 15.3 Å². The lowest BCUT2D eigenvalue weighted by molar-refractivity contribution is -0.896. The van der Waals surface area contributed by atoms with E-state index < -0.39 is 22.0 Å². The zero-order chi connectivity index (χ0) is 40.5. The molecule has 0 atom stereocenters. The van der Waals surface area contributed by atoms with E-state index in [0.717, 1.165) is 5.56 Å². The molecule has 298 valence electrons. The maximum absolute atomic E-state index is 13.7. The minimum Gasteiger partial charge on any atom is -0.492 e. The molecule has 1 fully saturated rings. The number of halogens is 4. The summed E-state index contributed by atoms with van der Waals surface area (Å²) in [5.41, 5.74) is 13.5. The Kier molecular flexibility index (Phi) is 11.3. The van der Waals surface area contributed by atoms with Crippen LogP contribution in [0.2, 0.25) is 10.3 Å². The number of aryl methyl sites for hydroxylation is 1. The number of para-hydroxylation sites is 1. The van der Waals surface area contributed by atoms with Gasteiger partial charge in [0.25, 0.3) is 0 Å². The van der Waals surface area contributed by atoms with E-state index in [1.54, 1.807) is 25.2 Å². The Morgan fingerprint density at radius 1 is 0.912 bits per heavy atom. The van der Waals surface area contributed by atoms with Crippen molar-refractivity contribution in [1.82, 2.24) is 39.4 Å². The molecule has 15 nitrogen and oxygen atoms in total. The molecule has 0 saturated carbocycles. The first-order valence-electron chi connectivity index (χ1n) is 17.7. The molecule has 0 spiro atoms. The largest absolute Gasteiger partial charge is 0.492 e. The lowest BCUT2D eigenvalue weighted by Gasteiger charge is -2.37. The molecule has 6 aromatic rings. The third-order valence-electron chi connectivity index (χ3n) is 9.48. The predicted octanol–water partition coefficient (Wildman–Crippen LogP) is 5.08. The van der Waals surface area contributed by atoms with E-state index >= 15 is 0 Å². The number of hydrogen-bond acceptors (Lipinski definition) is 12. The second-order valence-corrected chi connectivity index (χ2v) is 16.4. The van der Waals surface area contributed by atoms with E-state index in [4.69, 9.17) is 44.2 Å². The van der Waals surface area contributed by atoms with Crippen LogP contribution in [0.3, 0.4) is 0 Å². The molecule has 0 radical (unpaired) electrons. The number of rotatable bonds is 13. The van der Waals surface area contributed by atoms with Crippen LogP contribution in [0.25, 0.3) is 22.8 Å². The first kappa shape index (κ1) is 39.8. The van der Waals surface area contributed by atoms with Crippen molar-refractivity contribution in [1.29, 1.82) is 0 Å². The van der Waals surface area contributed by atoms with Gasteiger partial charge in [-0.05, 0) is 47.0 Å². The average Bonchev–Trinajstić information content (AvgIpc) is 3.79. The van der Waals surface area contributed by atoms with Crippen LogP contribution in [-0.2, 0) is 23.3 Å². The molecule has 0 amide bonds. The first-order valence-corrected chi connectivity index (χ1v) is 19.9. The van der Waals surface area contributed by atoms with Gasteiger partial charge in [-0.15, -0.1) is 0 Å². The summed E-state index contributed by atoms with van der Waals surface area (Å²) in [5.74, 6) is 0.434. The fraction of sp³-hybridized carbons (Fsp3) is 0.297. The molecule has 4 N–H and O–H groups in total. The number of sulfone groups is 1. The Labute approximate surface area is 336 Å². The van der Waals surface area contributed by atoms with Gasteiger partial charge in [0.05, 0.1) is 10.6 Å². The molecule has 1 aliphatic heterocycles. The number of nitrogen functional groups attached to an aromatic ring is 2. The molecule has 1 saturated heterocycles. The number of alkyl halides is 2. The zero-order valence-corrected chi connectivity index (χ0v) is 33.1. The summed E-state index contributed by atoms with van der Waals surface area (Å²) in [6.07, 6.45) is 4.18. The fourth-order valence-electron chi connectivity index (χ4n) is 6.53.